The number of hydrogen-bond acceptors (Lipinski definition) is 4. The van der Waals surface area contributed by atoms with Gasteiger partial charge in [0.2, 0.25) is 17.6 Å². The largest absolute Gasteiger partial charge is 0.344 e. The zero-order valence-corrected chi connectivity index (χ0v) is 12.3. The van der Waals surface area contributed by atoms with E-state index < -0.39 is 0 Å². The Labute approximate surface area is 122 Å². The topological polar surface area (TPSA) is 68.0 Å². The predicted octanol–water partition coefficient (Wildman–Crippen LogP) is 3.22. The fourth-order valence-corrected chi connectivity index (χ4v) is 1.83. The molecule has 2 aromatic rings. The minimum absolute atomic E-state index is 0.0602. The summed E-state index contributed by atoms with van der Waals surface area (Å²) >= 11 is 6.08. The molecule has 1 heterocycles. The van der Waals surface area contributed by atoms with E-state index in [0.717, 1.165) is 0 Å². The zero-order chi connectivity index (χ0) is 14.7. The van der Waals surface area contributed by atoms with E-state index in [1.165, 1.54) is 0 Å². The summed E-state index contributed by atoms with van der Waals surface area (Å²) in [5.74, 6) is 0.614. The number of amides is 1. The third kappa shape index (κ3) is 3.17. The van der Waals surface area contributed by atoms with Gasteiger partial charge in [-0.1, -0.05) is 42.7 Å². The van der Waals surface area contributed by atoms with Gasteiger partial charge in [0.25, 0.3) is 0 Å². The summed E-state index contributed by atoms with van der Waals surface area (Å²) in [6.45, 7) is 5.44. The second-order valence-electron chi connectivity index (χ2n) is 4.82. The van der Waals surface area contributed by atoms with Gasteiger partial charge < -0.3 is 9.84 Å². The van der Waals surface area contributed by atoms with E-state index in [9.17, 15) is 4.79 Å². The maximum absolute atomic E-state index is 11.6. The maximum atomic E-state index is 11.6. The first-order valence-electron chi connectivity index (χ1n) is 6.38. The van der Waals surface area contributed by atoms with Gasteiger partial charge in [0.05, 0.1) is 5.02 Å². The zero-order valence-electron chi connectivity index (χ0n) is 11.6. The van der Waals surface area contributed by atoms with Crippen molar-refractivity contribution in [3.63, 3.8) is 0 Å². The molecule has 1 atom stereocenters. The number of benzene rings is 1. The summed E-state index contributed by atoms with van der Waals surface area (Å²) in [4.78, 5) is 15.9. The molecule has 0 aliphatic carbocycles. The number of nitrogens with zero attached hydrogens (tertiary/aromatic N) is 2. The molecule has 0 radical (unpaired) electrons. The average molecular weight is 294 g/mol. The molecule has 2 rings (SSSR count). The Morgan fingerprint density at radius 2 is 2.00 bits per heavy atom. The van der Waals surface area contributed by atoms with Gasteiger partial charge >= 0.3 is 0 Å². The van der Waals surface area contributed by atoms with E-state index in [1.807, 2.05) is 32.0 Å². The van der Waals surface area contributed by atoms with Crippen LogP contribution in [0.15, 0.2) is 28.8 Å². The SMILES string of the molecule is CC(C)C(=O)N[C@H](C)c1nc(-c2ccccc2Cl)no1. The van der Waals surface area contributed by atoms with Gasteiger partial charge in [-0.3, -0.25) is 4.79 Å². The second kappa shape index (κ2) is 6.05. The molecular formula is C14H16ClN3O2. The molecular weight excluding hydrogens is 278 g/mol. The summed E-state index contributed by atoms with van der Waals surface area (Å²) < 4.78 is 5.18. The quantitative estimate of drug-likeness (QED) is 0.940. The predicted molar refractivity (Wildman–Crippen MR) is 76.1 cm³/mol. The molecule has 1 aromatic heterocycles. The van der Waals surface area contributed by atoms with Gasteiger partial charge in [-0.25, -0.2) is 0 Å². The smallest absolute Gasteiger partial charge is 0.249 e. The van der Waals surface area contributed by atoms with Gasteiger partial charge in [-0.05, 0) is 19.1 Å². The van der Waals surface area contributed by atoms with Gasteiger partial charge in [-0.2, -0.15) is 4.98 Å². The van der Waals surface area contributed by atoms with Crippen LogP contribution in [0.3, 0.4) is 0 Å². The van der Waals surface area contributed by atoms with Crippen LogP contribution < -0.4 is 5.32 Å². The first-order chi connectivity index (χ1) is 9.49. The molecule has 1 amide bonds. The number of carbonyl (C=O) groups excluding carboxylic acids is 1. The summed E-state index contributed by atoms with van der Waals surface area (Å²) in [5.41, 5.74) is 0.701. The van der Waals surface area contributed by atoms with Crippen LogP contribution >= 0.6 is 11.6 Å². The summed E-state index contributed by atoms with van der Waals surface area (Å²) in [6.07, 6.45) is 0. The normalized spacial score (nSPS) is 12.4. The van der Waals surface area contributed by atoms with E-state index >= 15 is 0 Å². The fraction of sp³-hybridized carbons (Fsp3) is 0.357. The van der Waals surface area contributed by atoms with E-state index in [1.54, 1.807) is 13.0 Å². The minimum Gasteiger partial charge on any atom is -0.344 e. The van der Waals surface area contributed by atoms with Crippen LogP contribution in [0.5, 0.6) is 0 Å². The average Bonchev–Trinajstić information content (AvgIpc) is 2.88. The molecule has 5 nitrogen and oxygen atoms in total. The minimum atomic E-state index is -0.339. The summed E-state index contributed by atoms with van der Waals surface area (Å²) in [6, 6.07) is 6.92. The van der Waals surface area contributed by atoms with E-state index in [-0.39, 0.29) is 17.9 Å². The number of halogens is 1. The molecule has 0 aliphatic rings. The lowest BCUT2D eigenvalue weighted by molar-refractivity contribution is -0.124. The standard InChI is InChI=1S/C14H16ClN3O2/c1-8(2)13(19)16-9(3)14-17-12(18-20-14)10-6-4-5-7-11(10)15/h4-9H,1-3H3,(H,16,19)/t9-/m1/s1. The molecule has 0 unspecified atom stereocenters. The summed E-state index contributed by atoms with van der Waals surface area (Å²) in [7, 11) is 0. The lowest BCUT2D eigenvalue weighted by atomic mass is 10.2. The van der Waals surface area contributed by atoms with Gasteiger partial charge in [0.15, 0.2) is 0 Å². The van der Waals surface area contributed by atoms with Crippen molar-refractivity contribution in [2.24, 2.45) is 5.92 Å². The number of nitrogens with one attached hydrogen (secondary N) is 1. The highest BCUT2D eigenvalue weighted by atomic mass is 35.5. The number of rotatable bonds is 4. The number of hydrogen-bond donors (Lipinski definition) is 1. The van der Waals surface area contributed by atoms with E-state index in [0.29, 0.717) is 22.3 Å². The van der Waals surface area contributed by atoms with Crippen LogP contribution in [0.2, 0.25) is 5.02 Å². The Balaban J connectivity index is 2.17. The van der Waals surface area contributed by atoms with E-state index in [2.05, 4.69) is 15.5 Å². The molecule has 1 aromatic carbocycles. The van der Waals surface area contributed by atoms with Crippen molar-refractivity contribution in [2.45, 2.75) is 26.8 Å². The molecule has 0 saturated carbocycles. The Morgan fingerprint density at radius 1 is 1.30 bits per heavy atom. The van der Waals surface area contributed by atoms with Crippen LogP contribution in [0, 0.1) is 5.92 Å². The van der Waals surface area contributed by atoms with Crippen LogP contribution in [0.4, 0.5) is 0 Å². The molecule has 0 spiro atoms. The summed E-state index contributed by atoms with van der Waals surface area (Å²) in [5, 5.41) is 7.26. The van der Waals surface area contributed by atoms with Crippen molar-refractivity contribution >= 4 is 17.5 Å². The van der Waals surface area contributed by atoms with Gasteiger partial charge in [-0.15, -0.1) is 0 Å². The van der Waals surface area contributed by atoms with Crippen molar-refractivity contribution in [1.29, 1.82) is 0 Å². The highest BCUT2D eigenvalue weighted by Crippen LogP contribution is 2.25. The Morgan fingerprint density at radius 3 is 2.65 bits per heavy atom. The first-order valence-corrected chi connectivity index (χ1v) is 6.75. The maximum Gasteiger partial charge on any atom is 0.249 e. The molecule has 0 saturated heterocycles. The van der Waals surface area contributed by atoms with Crippen LogP contribution in [0.1, 0.15) is 32.7 Å². The highest BCUT2D eigenvalue weighted by molar-refractivity contribution is 6.33. The molecule has 0 bridgehead atoms. The third-order valence-electron chi connectivity index (χ3n) is 2.81. The van der Waals surface area contributed by atoms with Crippen molar-refractivity contribution in [1.82, 2.24) is 15.5 Å². The molecule has 106 valence electrons. The number of carbonyl (C=O) groups is 1. The Bertz CT molecular complexity index is 610. The lowest BCUT2D eigenvalue weighted by Gasteiger charge is -2.11. The lowest BCUT2D eigenvalue weighted by Crippen LogP contribution is -2.30. The van der Waals surface area contributed by atoms with Crippen molar-refractivity contribution in [2.75, 3.05) is 0 Å². The van der Waals surface area contributed by atoms with Crippen LogP contribution in [-0.2, 0) is 4.79 Å². The fourth-order valence-electron chi connectivity index (χ4n) is 1.60. The van der Waals surface area contributed by atoms with Crippen molar-refractivity contribution in [3.05, 3.63) is 35.2 Å². The van der Waals surface area contributed by atoms with Crippen LogP contribution in [0.25, 0.3) is 11.4 Å². The van der Waals surface area contributed by atoms with Gasteiger partial charge in [0.1, 0.15) is 6.04 Å². The molecule has 0 fully saturated rings. The Kier molecular flexibility index (Phi) is 4.39. The van der Waals surface area contributed by atoms with Crippen LogP contribution in [-0.4, -0.2) is 16.0 Å². The molecule has 6 heteroatoms. The van der Waals surface area contributed by atoms with Gasteiger partial charge in [0, 0.05) is 11.5 Å². The second-order valence-corrected chi connectivity index (χ2v) is 5.23. The number of aromatic nitrogens is 2. The van der Waals surface area contributed by atoms with E-state index in [4.69, 9.17) is 16.1 Å². The monoisotopic (exact) mass is 293 g/mol. The molecule has 20 heavy (non-hydrogen) atoms. The van der Waals surface area contributed by atoms with Crippen molar-refractivity contribution in [3.8, 4) is 11.4 Å². The first kappa shape index (κ1) is 14.5. The third-order valence-corrected chi connectivity index (χ3v) is 3.14. The highest BCUT2D eigenvalue weighted by Gasteiger charge is 2.19. The Hall–Kier alpha value is -1.88. The van der Waals surface area contributed by atoms with Crippen molar-refractivity contribution < 1.29 is 9.32 Å². The molecule has 0 aliphatic heterocycles. The molecule has 1 N–H and O–H groups in total.